The highest BCUT2D eigenvalue weighted by atomic mass is 15.1. The van der Waals surface area contributed by atoms with Crippen molar-refractivity contribution >= 4 is 11.0 Å². The van der Waals surface area contributed by atoms with Gasteiger partial charge >= 0.3 is 0 Å². The first-order valence-corrected chi connectivity index (χ1v) is 8.26. The highest BCUT2D eigenvalue weighted by molar-refractivity contribution is 5.75. The van der Waals surface area contributed by atoms with Gasteiger partial charge in [-0.1, -0.05) is 32.9 Å². The summed E-state index contributed by atoms with van der Waals surface area (Å²) in [5.41, 5.74) is 2.39. The maximum absolute atomic E-state index is 4.82. The summed E-state index contributed by atoms with van der Waals surface area (Å²) in [5.74, 6) is 2.62. The maximum Gasteiger partial charge on any atom is 0.110 e. The van der Waals surface area contributed by atoms with Crippen LogP contribution in [-0.2, 0) is 13.0 Å². The summed E-state index contributed by atoms with van der Waals surface area (Å²) in [6, 6.07) is 8.45. The third-order valence-corrected chi connectivity index (χ3v) is 3.95. The fraction of sp³-hybridized carbons (Fsp3) is 0.611. The number of para-hydroxylation sites is 2. The summed E-state index contributed by atoms with van der Waals surface area (Å²) < 4.78 is 2.35. The Hall–Kier alpha value is -1.35. The van der Waals surface area contributed by atoms with Gasteiger partial charge in [0.25, 0.3) is 0 Å². The highest BCUT2D eigenvalue weighted by Gasteiger charge is 2.12. The molecule has 0 fully saturated rings. The Bertz CT molecular complexity index is 557. The van der Waals surface area contributed by atoms with E-state index >= 15 is 0 Å². The van der Waals surface area contributed by atoms with E-state index in [4.69, 9.17) is 4.98 Å². The summed E-state index contributed by atoms with van der Waals surface area (Å²) in [7, 11) is 0. The van der Waals surface area contributed by atoms with Gasteiger partial charge in [-0.3, -0.25) is 0 Å². The van der Waals surface area contributed by atoms with E-state index in [9.17, 15) is 0 Å². The van der Waals surface area contributed by atoms with Gasteiger partial charge in [0, 0.05) is 13.0 Å². The molecule has 0 saturated heterocycles. The number of fused-ring (bicyclic) bond motifs is 1. The Balaban J connectivity index is 1.95. The van der Waals surface area contributed by atoms with Crippen LogP contribution in [0.5, 0.6) is 0 Å². The van der Waals surface area contributed by atoms with Crippen LogP contribution >= 0.6 is 0 Å². The summed E-state index contributed by atoms with van der Waals surface area (Å²) in [4.78, 5) is 4.82. The molecule has 0 aliphatic carbocycles. The van der Waals surface area contributed by atoms with Crippen LogP contribution in [0, 0.1) is 11.8 Å². The van der Waals surface area contributed by atoms with E-state index in [1.54, 1.807) is 0 Å². The number of imidazole rings is 1. The Morgan fingerprint density at radius 2 is 1.95 bits per heavy atom. The molecule has 0 aliphatic rings. The Labute approximate surface area is 128 Å². The van der Waals surface area contributed by atoms with Crippen LogP contribution < -0.4 is 5.32 Å². The van der Waals surface area contributed by atoms with Gasteiger partial charge in [-0.25, -0.2) is 4.98 Å². The molecule has 0 aliphatic heterocycles. The lowest BCUT2D eigenvalue weighted by Gasteiger charge is -2.14. The van der Waals surface area contributed by atoms with Crippen molar-refractivity contribution in [3.8, 4) is 0 Å². The monoisotopic (exact) mass is 287 g/mol. The molecule has 0 bridgehead atoms. The van der Waals surface area contributed by atoms with Crippen LogP contribution in [0.25, 0.3) is 11.0 Å². The van der Waals surface area contributed by atoms with Crippen molar-refractivity contribution in [1.29, 1.82) is 0 Å². The molecule has 2 rings (SSSR count). The molecule has 2 aromatic rings. The fourth-order valence-electron chi connectivity index (χ4n) is 2.79. The predicted octanol–water partition coefficient (Wildman–Crippen LogP) is 3.87. The molecule has 1 unspecified atom stereocenters. The van der Waals surface area contributed by atoms with Crippen molar-refractivity contribution < 1.29 is 0 Å². The third-order valence-electron chi connectivity index (χ3n) is 3.95. The number of hydrogen-bond acceptors (Lipinski definition) is 2. The standard InChI is InChI=1S/C18H29N3/c1-5-21-17-9-7-6-8-16(17)20-18(21)12-15(4)10-11-19-13-14(2)3/h6-9,14-15,19H,5,10-13H2,1-4H3. The van der Waals surface area contributed by atoms with E-state index in [1.165, 1.54) is 17.8 Å². The first-order valence-electron chi connectivity index (χ1n) is 8.26. The first-order chi connectivity index (χ1) is 10.1. The Morgan fingerprint density at radius 3 is 2.67 bits per heavy atom. The average Bonchev–Trinajstić information content (AvgIpc) is 2.80. The van der Waals surface area contributed by atoms with Crippen molar-refractivity contribution in [1.82, 2.24) is 14.9 Å². The largest absolute Gasteiger partial charge is 0.328 e. The number of aryl methyl sites for hydroxylation is 1. The third kappa shape index (κ3) is 4.31. The number of benzene rings is 1. The molecule has 3 nitrogen and oxygen atoms in total. The quantitative estimate of drug-likeness (QED) is 0.747. The summed E-state index contributed by atoms with van der Waals surface area (Å²) in [5, 5.41) is 3.53. The lowest BCUT2D eigenvalue weighted by molar-refractivity contribution is 0.462. The summed E-state index contributed by atoms with van der Waals surface area (Å²) >= 11 is 0. The van der Waals surface area contributed by atoms with Gasteiger partial charge in [0.15, 0.2) is 0 Å². The number of hydrogen-bond donors (Lipinski definition) is 1. The molecule has 1 aromatic carbocycles. The lowest BCUT2D eigenvalue weighted by Crippen LogP contribution is -2.22. The SMILES string of the molecule is CCn1c(CC(C)CCNCC(C)C)nc2ccccc21. The molecule has 1 atom stereocenters. The smallest absolute Gasteiger partial charge is 0.110 e. The second-order valence-electron chi connectivity index (χ2n) is 6.46. The summed E-state index contributed by atoms with van der Waals surface area (Å²) in [6.07, 6.45) is 2.27. The van der Waals surface area contributed by atoms with Crippen molar-refractivity contribution in [2.45, 2.75) is 47.1 Å². The molecule has 3 heteroatoms. The van der Waals surface area contributed by atoms with Crippen molar-refractivity contribution in [3.05, 3.63) is 30.1 Å². The van der Waals surface area contributed by atoms with Gasteiger partial charge in [-0.2, -0.15) is 0 Å². The van der Waals surface area contributed by atoms with Gasteiger partial charge in [0.2, 0.25) is 0 Å². The number of nitrogens with one attached hydrogen (secondary N) is 1. The van der Waals surface area contributed by atoms with Crippen molar-refractivity contribution in [3.63, 3.8) is 0 Å². The number of nitrogens with zero attached hydrogens (tertiary/aromatic N) is 2. The molecule has 21 heavy (non-hydrogen) atoms. The van der Waals surface area contributed by atoms with Gasteiger partial charge in [-0.05, 0) is 50.4 Å². The minimum atomic E-state index is 0.659. The minimum Gasteiger partial charge on any atom is -0.328 e. The van der Waals surface area contributed by atoms with Gasteiger partial charge in [0.05, 0.1) is 11.0 Å². The fourth-order valence-corrected chi connectivity index (χ4v) is 2.79. The first kappa shape index (κ1) is 16.0. The molecular weight excluding hydrogens is 258 g/mol. The minimum absolute atomic E-state index is 0.659. The second kappa shape index (κ2) is 7.60. The van der Waals surface area contributed by atoms with Gasteiger partial charge in [0.1, 0.15) is 5.82 Å². The van der Waals surface area contributed by atoms with Gasteiger partial charge < -0.3 is 9.88 Å². The molecule has 0 spiro atoms. The van der Waals surface area contributed by atoms with E-state index in [0.717, 1.165) is 37.5 Å². The van der Waals surface area contributed by atoms with Crippen LogP contribution in [0.15, 0.2) is 24.3 Å². The van der Waals surface area contributed by atoms with Crippen LogP contribution in [0.2, 0.25) is 0 Å². The zero-order valence-electron chi connectivity index (χ0n) is 13.9. The zero-order valence-corrected chi connectivity index (χ0v) is 13.9. The average molecular weight is 287 g/mol. The van der Waals surface area contributed by atoms with Gasteiger partial charge in [-0.15, -0.1) is 0 Å². The Kier molecular flexibility index (Phi) is 5.80. The number of rotatable bonds is 8. The molecule has 0 radical (unpaired) electrons. The molecule has 116 valence electrons. The van der Waals surface area contributed by atoms with Crippen LogP contribution in [0.3, 0.4) is 0 Å². The highest BCUT2D eigenvalue weighted by Crippen LogP contribution is 2.19. The van der Waals surface area contributed by atoms with E-state index in [1.807, 2.05) is 0 Å². The predicted molar refractivity (Wildman–Crippen MR) is 90.6 cm³/mol. The molecule has 1 aromatic heterocycles. The van der Waals surface area contributed by atoms with E-state index in [2.05, 4.69) is 61.8 Å². The van der Waals surface area contributed by atoms with Crippen LogP contribution in [0.1, 0.15) is 39.9 Å². The lowest BCUT2D eigenvalue weighted by atomic mass is 10.0. The van der Waals surface area contributed by atoms with E-state index in [0.29, 0.717) is 5.92 Å². The maximum atomic E-state index is 4.82. The van der Waals surface area contributed by atoms with Crippen LogP contribution in [0.4, 0.5) is 0 Å². The Morgan fingerprint density at radius 1 is 1.19 bits per heavy atom. The molecule has 0 saturated carbocycles. The molecular formula is C18H29N3. The molecule has 1 N–H and O–H groups in total. The second-order valence-corrected chi connectivity index (χ2v) is 6.46. The topological polar surface area (TPSA) is 29.9 Å². The van der Waals surface area contributed by atoms with E-state index < -0.39 is 0 Å². The van der Waals surface area contributed by atoms with Crippen LogP contribution in [-0.4, -0.2) is 22.6 Å². The normalized spacial score (nSPS) is 13.2. The molecule has 0 amide bonds. The number of aromatic nitrogens is 2. The van der Waals surface area contributed by atoms with Crippen molar-refractivity contribution in [2.24, 2.45) is 11.8 Å². The zero-order chi connectivity index (χ0) is 15.2. The summed E-state index contributed by atoms with van der Waals surface area (Å²) in [6.45, 7) is 12.2. The molecule has 1 heterocycles. The van der Waals surface area contributed by atoms with E-state index in [-0.39, 0.29) is 0 Å². The van der Waals surface area contributed by atoms with Crippen molar-refractivity contribution in [2.75, 3.05) is 13.1 Å².